The Labute approximate surface area is 123 Å². The number of allylic oxidation sites excluding steroid dienone is 2. The molecule has 0 aromatic rings. The molecule has 0 bridgehead atoms. The van der Waals surface area contributed by atoms with Crippen molar-refractivity contribution in [3.8, 4) is 0 Å². The van der Waals surface area contributed by atoms with Gasteiger partial charge in [-0.25, -0.2) is 0 Å². The zero-order valence-electron chi connectivity index (χ0n) is 13.5. The summed E-state index contributed by atoms with van der Waals surface area (Å²) in [5.74, 6) is 0.479. The molecular weight excluding hydrogens is 250 g/mol. The van der Waals surface area contributed by atoms with Gasteiger partial charge in [-0.15, -0.1) is 0 Å². The van der Waals surface area contributed by atoms with E-state index in [2.05, 4.69) is 6.92 Å². The van der Waals surface area contributed by atoms with E-state index in [1.807, 2.05) is 39.8 Å². The molecule has 2 unspecified atom stereocenters. The van der Waals surface area contributed by atoms with Crippen LogP contribution in [-0.4, -0.2) is 11.7 Å². The number of nitrogens with two attached hydrogens (primary N) is 1. The Hall–Kier alpha value is -1.12. The summed E-state index contributed by atoms with van der Waals surface area (Å²) in [6.45, 7) is 9.89. The Bertz CT molecular complexity index is 392. The van der Waals surface area contributed by atoms with Gasteiger partial charge in [-0.05, 0) is 38.0 Å². The average molecular weight is 279 g/mol. The van der Waals surface area contributed by atoms with Gasteiger partial charge < -0.3 is 5.73 Å². The summed E-state index contributed by atoms with van der Waals surface area (Å²) in [5, 5.41) is 0. The van der Waals surface area contributed by atoms with Crippen LogP contribution in [0, 0.1) is 29.1 Å². The third kappa shape index (κ3) is 4.46. The molecule has 1 amide bonds. The molecule has 0 spiro atoms. The normalized spacial score (nSPS) is 25.4. The molecule has 0 aliphatic heterocycles. The van der Waals surface area contributed by atoms with E-state index in [-0.39, 0.29) is 23.5 Å². The second-order valence-corrected chi connectivity index (χ2v) is 7.24. The topological polar surface area (TPSA) is 60.2 Å². The number of carbonyl (C=O) groups excluding carboxylic acids is 2. The average Bonchev–Trinajstić information content (AvgIpc) is 3.01. The lowest BCUT2D eigenvalue weighted by molar-refractivity contribution is -0.137. The third-order valence-electron chi connectivity index (χ3n) is 4.39. The van der Waals surface area contributed by atoms with Gasteiger partial charge in [-0.2, -0.15) is 0 Å². The molecule has 1 aliphatic rings. The zero-order chi connectivity index (χ0) is 15.5. The second-order valence-electron chi connectivity index (χ2n) is 7.24. The SMILES string of the molecule is C/C=C/C[C@H](C(N)=O)[C@@H](CC1CC1C)C(=O)C(C)(C)C. The van der Waals surface area contributed by atoms with Gasteiger partial charge in [-0.1, -0.05) is 39.8 Å². The van der Waals surface area contributed by atoms with Crippen molar-refractivity contribution in [1.29, 1.82) is 0 Å². The minimum absolute atomic E-state index is 0.171. The Morgan fingerprint density at radius 2 is 1.85 bits per heavy atom. The minimum atomic E-state index is -0.424. The summed E-state index contributed by atoms with van der Waals surface area (Å²) in [6.07, 6.45) is 6.40. The lowest BCUT2D eigenvalue weighted by Gasteiger charge is -2.29. The number of hydrogen-bond acceptors (Lipinski definition) is 2. The molecule has 3 heteroatoms. The van der Waals surface area contributed by atoms with Crippen molar-refractivity contribution < 1.29 is 9.59 Å². The van der Waals surface area contributed by atoms with Crippen molar-refractivity contribution in [3.05, 3.63) is 12.2 Å². The predicted octanol–water partition coefficient (Wildman–Crippen LogP) is 3.33. The van der Waals surface area contributed by atoms with Gasteiger partial charge in [0.05, 0.1) is 5.92 Å². The van der Waals surface area contributed by atoms with Crippen LogP contribution in [0.1, 0.15) is 53.9 Å². The van der Waals surface area contributed by atoms with Crippen LogP contribution in [0.3, 0.4) is 0 Å². The summed E-state index contributed by atoms with van der Waals surface area (Å²) in [6, 6.07) is 0. The highest BCUT2D eigenvalue weighted by Gasteiger charge is 2.43. The van der Waals surface area contributed by atoms with E-state index >= 15 is 0 Å². The Morgan fingerprint density at radius 3 is 2.20 bits per heavy atom. The largest absolute Gasteiger partial charge is 0.369 e. The molecule has 4 atom stereocenters. The molecule has 3 nitrogen and oxygen atoms in total. The number of hydrogen-bond donors (Lipinski definition) is 1. The lowest BCUT2D eigenvalue weighted by Crippen LogP contribution is -2.39. The second kappa shape index (κ2) is 6.55. The maximum Gasteiger partial charge on any atom is 0.221 e. The van der Waals surface area contributed by atoms with Gasteiger partial charge in [0, 0.05) is 11.3 Å². The number of primary amides is 1. The van der Waals surface area contributed by atoms with E-state index in [0.717, 1.165) is 6.42 Å². The predicted molar refractivity (Wildman–Crippen MR) is 82.0 cm³/mol. The standard InChI is InChI=1S/C17H29NO2/c1-6-7-8-13(16(18)20)14(10-12-9-11(12)2)15(19)17(3,4)5/h6-7,11-14H,8-10H2,1-5H3,(H2,18,20)/b7-6+/t11?,12?,13-,14+/m0/s1. The van der Waals surface area contributed by atoms with Crippen molar-refractivity contribution in [3.63, 3.8) is 0 Å². The first-order valence-corrected chi connectivity index (χ1v) is 7.63. The van der Waals surface area contributed by atoms with Crippen LogP contribution in [0.4, 0.5) is 0 Å². The molecular formula is C17H29NO2. The summed E-state index contributed by atoms with van der Waals surface area (Å²) in [4.78, 5) is 24.5. The summed E-state index contributed by atoms with van der Waals surface area (Å²) >= 11 is 0. The molecule has 114 valence electrons. The highest BCUT2D eigenvalue weighted by molar-refractivity contribution is 5.91. The van der Waals surface area contributed by atoms with Gasteiger partial charge in [0.25, 0.3) is 0 Å². The molecule has 0 aromatic heterocycles. The van der Waals surface area contributed by atoms with Crippen molar-refractivity contribution in [2.45, 2.75) is 53.9 Å². The van der Waals surface area contributed by atoms with Gasteiger partial charge in [-0.3, -0.25) is 9.59 Å². The van der Waals surface area contributed by atoms with E-state index in [1.54, 1.807) is 0 Å². The Morgan fingerprint density at radius 1 is 1.30 bits per heavy atom. The van der Waals surface area contributed by atoms with Crippen molar-refractivity contribution in [2.24, 2.45) is 34.8 Å². The molecule has 0 radical (unpaired) electrons. The number of rotatable bonds is 7. The summed E-state index contributed by atoms with van der Waals surface area (Å²) in [7, 11) is 0. The molecule has 1 fully saturated rings. The van der Waals surface area contributed by atoms with Crippen LogP contribution < -0.4 is 5.73 Å². The first kappa shape index (κ1) is 16.9. The van der Waals surface area contributed by atoms with Gasteiger partial charge in [0.15, 0.2) is 0 Å². The summed E-state index contributed by atoms with van der Waals surface area (Å²) in [5.41, 5.74) is 5.14. The number of ketones is 1. The lowest BCUT2D eigenvalue weighted by atomic mass is 9.73. The Kier molecular flexibility index (Phi) is 5.55. The monoisotopic (exact) mass is 279 g/mol. The van der Waals surface area contributed by atoms with Gasteiger partial charge in [0.1, 0.15) is 5.78 Å². The maximum atomic E-state index is 12.7. The molecule has 1 aliphatic carbocycles. The summed E-state index contributed by atoms with van der Waals surface area (Å²) < 4.78 is 0. The van der Waals surface area contributed by atoms with E-state index in [9.17, 15) is 9.59 Å². The van der Waals surface area contributed by atoms with Crippen LogP contribution in [0.25, 0.3) is 0 Å². The van der Waals surface area contributed by atoms with Gasteiger partial charge in [0.2, 0.25) is 5.91 Å². The van der Waals surface area contributed by atoms with Crippen LogP contribution in [-0.2, 0) is 9.59 Å². The highest BCUT2D eigenvalue weighted by Crippen LogP contribution is 2.45. The van der Waals surface area contributed by atoms with Crippen molar-refractivity contribution >= 4 is 11.7 Å². The molecule has 1 rings (SSSR count). The van der Waals surface area contributed by atoms with Crippen molar-refractivity contribution in [2.75, 3.05) is 0 Å². The van der Waals surface area contributed by atoms with E-state index in [1.165, 1.54) is 6.42 Å². The third-order valence-corrected chi connectivity index (χ3v) is 4.39. The molecule has 20 heavy (non-hydrogen) atoms. The molecule has 0 aromatic carbocycles. The van der Waals surface area contributed by atoms with E-state index in [4.69, 9.17) is 5.73 Å². The fourth-order valence-corrected chi connectivity index (χ4v) is 2.83. The van der Waals surface area contributed by atoms with Crippen molar-refractivity contribution in [1.82, 2.24) is 0 Å². The van der Waals surface area contributed by atoms with E-state index < -0.39 is 5.41 Å². The molecule has 1 saturated carbocycles. The fourth-order valence-electron chi connectivity index (χ4n) is 2.83. The van der Waals surface area contributed by atoms with Crippen LogP contribution in [0.15, 0.2) is 12.2 Å². The van der Waals surface area contributed by atoms with E-state index in [0.29, 0.717) is 18.3 Å². The zero-order valence-corrected chi connectivity index (χ0v) is 13.5. The molecule has 2 N–H and O–H groups in total. The fraction of sp³-hybridized carbons (Fsp3) is 0.765. The first-order valence-electron chi connectivity index (χ1n) is 7.63. The maximum absolute atomic E-state index is 12.7. The Balaban J connectivity index is 2.93. The van der Waals surface area contributed by atoms with Crippen LogP contribution in [0.5, 0.6) is 0 Å². The van der Waals surface area contributed by atoms with Crippen LogP contribution >= 0.6 is 0 Å². The number of carbonyl (C=O) groups is 2. The smallest absolute Gasteiger partial charge is 0.221 e. The number of amides is 1. The minimum Gasteiger partial charge on any atom is -0.369 e. The van der Waals surface area contributed by atoms with Gasteiger partial charge >= 0.3 is 0 Å². The number of Topliss-reactive ketones (excluding diaryl/α,β-unsaturated/α-hetero) is 1. The quantitative estimate of drug-likeness (QED) is 0.727. The highest BCUT2D eigenvalue weighted by atomic mass is 16.1. The van der Waals surface area contributed by atoms with Crippen LogP contribution in [0.2, 0.25) is 0 Å². The molecule has 0 heterocycles. The molecule has 0 saturated heterocycles. The first-order chi connectivity index (χ1) is 9.18.